The molecule has 30 heavy (non-hydrogen) atoms. The van der Waals surface area contributed by atoms with Gasteiger partial charge >= 0.3 is 0 Å². The fourth-order valence-electron chi connectivity index (χ4n) is 2.29. The number of ether oxygens (including phenoxy) is 3. The second-order valence-corrected chi connectivity index (χ2v) is 6.00. The first-order chi connectivity index (χ1) is 14.3. The highest BCUT2D eigenvalue weighted by Gasteiger charge is 2.16. The third-order valence-corrected chi connectivity index (χ3v) is 3.88. The summed E-state index contributed by atoms with van der Waals surface area (Å²) in [5.74, 6) is -1.08. The van der Waals surface area contributed by atoms with Crippen LogP contribution in [-0.2, 0) is 9.59 Å². The molecule has 0 aliphatic carbocycles. The van der Waals surface area contributed by atoms with E-state index in [4.69, 9.17) is 14.2 Å². The van der Waals surface area contributed by atoms with Gasteiger partial charge in [0.05, 0.1) is 20.8 Å². The first-order valence-corrected chi connectivity index (χ1v) is 8.85. The Morgan fingerprint density at radius 2 is 1.63 bits per heavy atom. The smallest absolute Gasteiger partial charge is 0.279 e. The van der Waals surface area contributed by atoms with Crippen LogP contribution in [0, 0.1) is 5.82 Å². The van der Waals surface area contributed by atoms with E-state index in [1.165, 1.54) is 57.5 Å². The van der Waals surface area contributed by atoms with Crippen molar-refractivity contribution in [3.05, 3.63) is 53.8 Å². The van der Waals surface area contributed by atoms with E-state index in [0.717, 1.165) is 0 Å². The van der Waals surface area contributed by atoms with Crippen molar-refractivity contribution in [2.45, 2.75) is 13.0 Å². The molecule has 2 aromatic rings. The zero-order valence-corrected chi connectivity index (χ0v) is 16.7. The Labute approximate surface area is 172 Å². The molecule has 0 unspecified atom stereocenters. The highest BCUT2D eigenvalue weighted by molar-refractivity contribution is 5.97. The van der Waals surface area contributed by atoms with Gasteiger partial charge in [0, 0.05) is 5.56 Å². The van der Waals surface area contributed by atoms with Crippen molar-refractivity contribution in [1.29, 1.82) is 0 Å². The minimum Gasteiger partial charge on any atom is -0.493 e. The molecular formula is C20H22FN3O6. The van der Waals surface area contributed by atoms with Gasteiger partial charge in [-0.15, -0.1) is 0 Å². The summed E-state index contributed by atoms with van der Waals surface area (Å²) in [5, 5.41) is 2.42. The molecule has 2 aromatic carbocycles. The van der Waals surface area contributed by atoms with Crippen LogP contribution in [-0.4, -0.2) is 44.6 Å². The molecule has 1 atom stereocenters. The van der Waals surface area contributed by atoms with Crippen molar-refractivity contribution < 1.29 is 33.0 Å². The molecule has 0 saturated carbocycles. The van der Waals surface area contributed by atoms with Gasteiger partial charge in [-0.2, -0.15) is 0 Å². The normalized spacial score (nSPS) is 11.1. The van der Waals surface area contributed by atoms with Crippen molar-refractivity contribution in [2.24, 2.45) is 0 Å². The Bertz CT molecular complexity index is 904. The number of methoxy groups -OCH3 is 2. The van der Waals surface area contributed by atoms with Crippen molar-refractivity contribution in [3.63, 3.8) is 0 Å². The zero-order chi connectivity index (χ0) is 22.1. The van der Waals surface area contributed by atoms with E-state index in [9.17, 15) is 18.8 Å². The average Bonchev–Trinajstić information content (AvgIpc) is 2.76. The Kier molecular flexibility index (Phi) is 7.98. The molecule has 3 amide bonds. The average molecular weight is 419 g/mol. The summed E-state index contributed by atoms with van der Waals surface area (Å²) in [4.78, 5) is 36.0. The van der Waals surface area contributed by atoms with E-state index in [0.29, 0.717) is 17.2 Å². The summed E-state index contributed by atoms with van der Waals surface area (Å²) in [7, 11) is 2.91. The summed E-state index contributed by atoms with van der Waals surface area (Å²) in [5.41, 5.74) is 4.62. The summed E-state index contributed by atoms with van der Waals surface area (Å²) in [6.45, 7) is 1.09. The molecule has 0 saturated heterocycles. The topological polar surface area (TPSA) is 115 Å². The van der Waals surface area contributed by atoms with Gasteiger partial charge in [0.25, 0.3) is 17.7 Å². The third kappa shape index (κ3) is 6.36. The Hall–Kier alpha value is -3.82. The van der Waals surface area contributed by atoms with Gasteiger partial charge in [0.15, 0.2) is 17.6 Å². The van der Waals surface area contributed by atoms with Crippen molar-refractivity contribution in [1.82, 2.24) is 16.2 Å². The molecule has 0 aliphatic rings. The molecular weight excluding hydrogens is 397 g/mol. The van der Waals surface area contributed by atoms with Crippen LogP contribution in [0.3, 0.4) is 0 Å². The van der Waals surface area contributed by atoms with Crippen LogP contribution in [0.15, 0.2) is 42.5 Å². The number of benzene rings is 2. The van der Waals surface area contributed by atoms with Crippen LogP contribution in [0.4, 0.5) is 4.39 Å². The molecule has 0 bridgehead atoms. The minimum atomic E-state index is -0.947. The second kappa shape index (κ2) is 10.6. The lowest BCUT2D eigenvalue weighted by molar-refractivity contribution is -0.132. The van der Waals surface area contributed by atoms with Crippen LogP contribution in [0.25, 0.3) is 0 Å². The lowest BCUT2D eigenvalue weighted by Crippen LogP contribution is -2.50. The number of halogens is 1. The molecule has 0 heterocycles. The maximum absolute atomic E-state index is 12.9. The number of hydrazine groups is 1. The predicted molar refractivity (Wildman–Crippen MR) is 105 cm³/mol. The van der Waals surface area contributed by atoms with E-state index in [1.807, 2.05) is 0 Å². The van der Waals surface area contributed by atoms with Gasteiger partial charge in [-0.1, -0.05) is 0 Å². The maximum Gasteiger partial charge on any atom is 0.279 e. The van der Waals surface area contributed by atoms with Crippen LogP contribution >= 0.6 is 0 Å². The maximum atomic E-state index is 12.9. The van der Waals surface area contributed by atoms with E-state index in [2.05, 4.69) is 16.2 Å². The fraction of sp³-hybridized carbons (Fsp3) is 0.250. The third-order valence-electron chi connectivity index (χ3n) is 3.88. The number of nitrogens with one attached hydrogen (secondary N) is 3. The van der Waals surface area contributed by atoms with Gasteiger partial charge in [-0.05, 0) is 49.4 Å². The molecule has 9 nitrogen and oxygen atoms in total. The molecule has 10 heteroatoms. The van der Waals surface area contributed by atoms with E-state index < -0.39 is 29.6 Å². The second-order valence-electron chi connectivity index (χ2n) is 6.00. The fourth-order valence-corrected chi connectivity index (χ4v) is 2.29. The summed E-state index contributed by atoms with van der Waals surface area (Å²) in [6, 6.07) is 9.71. The van der Waals surface area contributed by atoms with E-state index in [-0.39, 0.29) is 12.1 Å². The molecule has 160 valence electrons. The molecule has 0 aliphatic heterocycles. The molecule has 3 N–H and O–H groups in total. The zero-order valence-electron chi connectivity index (χ0n) is 16.7. The van der Waals surface area contributed by atoms with Gasteiger partial charge in [-0.3, -0.25) is 25.2 Å². The molecule has 0 fully saturated rings. The van der Waals surface area contributed by atoms with Gasteiger partial charge in [0.1, 0.15) is 11.6 Å². The predicted octanol–water partition coefficient (Wildman–Crippen LogP) is 1.19. The van der Waals surface area contributed by atoms with E-state index in [1.54, 1.807) is 6.07 Å². The number of amides is 3. The molecule has 0 aromatic heterocycles. The molecule has 0 radical (unpaired) electrons. The number of hydrogen-bond donors (Lipinski definition) is 3. The summed E-state index contributed by atoms with van der Waals surface area (Å²) < 4.78 is 28.4. The summed E-state index contributed by atoms with van der Waals surface area (Å²) >= 11 is 0. The van der Waals surface area contributed by atoms with Crippen LogP contribution in [0.5, 0.6) is 17.2 Å². The molecule has 2 rings (SSSR count). The first kappa shape index (κ1) is 22.5. The SMILES string of the molecule is COc1ccc(C(=O)NCC(=O)NNC(=O)[C@@H](C)Oc2ccc(F)cc2)cc1OC. The Morgan fingerprint density at radius 3 is 2.27 bits per heavy atom. The monoisotopic (exact) mass is 419 g/mol. The Balaban J connectivity index is 1.78. The highest BCUT2D eigenvalue weighted by atomic mass is 19.1. The van der Waals surface area contributed by atoms with Crippen molar-refractivity contribution >= 4 is 17.7 Å². The molecule has 0 spiro atoms. The summed E-state index contributed by atoms with van der Waals surface area (Å²) in [6.07, 6.45) is -0.947. The van der Waals surface area contributed by atoms with Crippen LogP contribution in [0.2, 0.25) is 0 Å². The highest BCUT2D eigenvalue weighted by Crippen LogP contribution is 2.27. The quantitative estimate of drug-likeness (QED) is 0.554. The van der Waals surface area contributed by atoms with Gasteiger partial charge < -0.3 is 19.5 Å². The largest absolute Gasteiger partial charge is 0.493 e. The van der Waals surface area contributed by atoms with Crippen molar-refractivity contribution in [3.8, 4) is 17.2 Å². The van der Waals surface area contributed by atoms with Gasteiger partial charge in [0.2, 0.25) is 0 Å². The standard InChI is InChI=1S/C20H22FN3O6/c1-12(30-15-7-5-14(21)6-8-15)19(26)24-23-18(25)11-22-20(27)13-4-9-16(28-2)17(10-13)29-3/h4-10,12H,11H2,1-3H3,(H,22,27)(H,23,25)(H,24,26)/t12-/m1/s1. The van der Waals surface area contributed by atoms with Gasteiger partial charge in [-0.25, -0.2) is 4.39 Å². The van der Waals surface area contributed by atoms with E-state index >= 15 is 0 Å². The number of hydrogen-bond acceptors (Lipinski definition) is 6. The minimum absolute atomic E-state index is 0.269. The number of carbonyl (C=O) groups is 3. The lowest BCUT2D eigenvalue weighted by atomic mass is 10.2. The lowest BCUT2D eigenvalue weighted by Gasteiger charge is -2.15. The van der Waals surface area contributed by atoms with Crippen molar-refractivity contribution in [2.75, 3.05) is 20.8 Å². The van der Waals surface area contributed by atoms with Crippen LogP contribution in [0.1, 0.15) is 17.3 Å². The number of rotatable bonds is 8. The number of carbonyl (C=O) groups excluding carboxylic acids is 3. The Morgan fingerprint density at radius 1 is 0.967 bits per heavy atom. The van der Waals surface area contributed by atoms with Crippen LogP contribution < -0.4 is 30.4 Å². The first-order valence-electron chi connectivity index (χ1n) is 8.85.